The van der Waals surface area contributed by atoms with E-state index in [0.29, 0.717) is 5.02 Å². The van der Waals surface area contributed by atoms with Gasteiger partial charge in [0.05, 0.1) is 11.4 Å². The molecule has 5 heteroatoms. The summed E-state index contributed by atoms with van der Waals surface area (Å²) in [6.45, 7) is 0. The minimum absolute atomic E-state index is 0.124. The summed E-state index contributed by atoms with van der Waals surface area (Å²) in [6, 6.07) is 12.3. The average Bonchev–Trinajstić information content (AvgIpc) is 2.83. The lowest BCUT2D eigenvalue weighted by Crippen LogP contribution is -2.13. The average molecular weight is 272 g/mol. The van der Waals surface area contributed by atoms with Crippen molar-refractivity contribution in [3.8, 4) is 16.9 Å². The van der Waals surface area contributed by atoms with Crippen LogP contribution in [0.2, 0.25) is 5.02 Å². The molecular formula is C14H10ClN3O. The second kappa shape index (κ2) is 4.74. The monoisotopic (exact) mass is 271 g/mol. The van der Waals surface area contributed by atoms with Crippen molar-refractivity contribution >= 4 is 11.6 Å². The Morgan fingerprint density at radius 1 is 1.16 bits per heavy atom. The Hall–Kier alpha value is -2.33. The van der Waals surface area contributed by atoms with Gasteiger partial charge in [0.15, 0.2) is 0 Å². The number of pyridine rings is 1. The van der Waals surface area contributed by atoms with E-state index in [1.807, 2.05) is 12.1 Å². The number of nitrogens with zero attached hydrogens (tertiary/aromatic N) is 2. The SMILES string of the molecule is O=c1cc(-c2cccnc2)[nH]n1-c1ccc(Cl)cc1. The quantitative estimate of drug-likeness (QED) is 0.779. The third kappa shape index (κ3) is 2.30. The highest BCUT2D eigenvalue weighted by Gasteiger charge is 2.06. The van der Waals surface area contributed by atoms with Crippen molar-refractivity contribution in [2.75, 3.05) is 0 Å². The molecule has 0 spiro atoms. The van der Waals surface area contributed by atoms with Crippen LogP contribution in [0.5, 0.6) is 0 Å². The highest BCUT2D eigenvalue weighted by molar-refractivity contribution is 6.30. The minimum atomic E-state index is -0.124. The molecule has 0 aliphatic carbocycles. The standard InChI is InChI=1S/C14H10ClN3O/c15-11-3-5-12(6-4-11)18-14(19)8-13(17-18)10-2-1-7-16-9-10/h1-9,17H. The van der Waals surface area contributed by atoms with E-state index < -0.39 is 0 Å². The van der Waals surface area contributed by atoms with E-state index in [4.69, 9.17) is 11.6 Å². The second-order valence-electron chi connectivity index (χ2n) is 4.06. The Morgan fingerprint density at radius 3 is 2.63 bits per heavy atom. The lowest BCUT2D eigenvalue weighted by atomic mass is 10.2. The van der Waals surface area contributed by atoms with Gasteiger partial charge in [-0.2, -0.15) is 0 Å². The fourth-order valence-corrected chi connectivity index (χ4v) is 1.97. The van der Waals surface area contributed by atoms with Gasteiger partial charge >= 0.3 is 0 Å². The molecule has 2 aromatic heterocycles. The van der Waals surface area contributed by atoms with Gasteiger partial charge in [-0.1, -0.05) is 11.6 Å². The van der Waals surface area contributed by atoms with Gasteiger partial charge in [0, 0.05) is 29.0 Å². The number of benzene rings is 1. The van der Waals surface area contributed by atoms with E-state index in [0.717, 1.165) is 16.9 Å². The number of hydrogen-bond acceptors (Lipinski definition) is 2. The maximum atomic E-state index is 12.0. The molecule has 0 amide bonds. The van der Waals surface area contributed by atoms with E-state index in [-0.39, 0.29) is 5.56 Å². The molecule has 0 aliphatic rings. The minimum Gasteiger partial charge on any atom is -0.290 e. The Bertz CT molecular complexity index is 744. The zero-order valence-corrected chi connectivity index (χ0v) is 10.6. The summed E-state index contributed by atoms with van der Waals surface area (Å²) >= 11 is 5.83. The van der Waals surface area contributed by atoms with Crippen molar-refractivity contribution in [2.45, 2.75) is 0 Å². The van der Waals surface area contributed by atoms with Gasteiger partial charge < -0.3 is 0 Å². The molecule has 1 N–H and O–H groups in total. The molecule has 0 saturated heterocycles. The van der Waals surface area contributed by atoms with Crippen molar-refractivity contribution < 1.29 is 0 Å². The second-order valence-corrected chi connectivity index (χ2v) is 4.50. The lowest BCUT2D eigenvalue weighted by molar-refractivity contribution is 0.852. The van der Waals surface area contributed by atoms with E-state index in [1.165, 1.54) is 4.68 Å². The fourth-order valence-electron chi connectivity index (χ4n) is 1.85. The van der Waals surface area contributed by atoms with Gasteiger partial charge in [-0.15, -0.1) is 0 Å². The highest BCUT2D eigenvalue weighted by Crippen LogP contribution is 2.16. The van der Waals surface area contributed by atoms with Crippen molar-refractivity contribution in [1.82, 2.24) is 14.8 Å². The number of rotatable bonds is 2. The van der Waals surface area contributed by atoms with Gasteiger partial charge in [-0.3, -0.25) is 14.9 Å². The highest BCUT2D eigenvalue weighted by atomic mass is 35.5. The van der Waals surface area contributed by atoms with Crippen LogP contribution in [0.3, 0.4) is 0 Å². The zero-order valence-electron chi connectivity index (χ0n) is 9.88. The molecule has 0 saturated carbocycles. The normalized spacial score (nSPS) is 10.6. The summed E-state index contributed by atoms with van der Waals surface area (Å²) < 4.78 is 1.47. The smallest absolute Gasteiger partial charge is 0.271 e. The van der Waals surface area contributed by atoms with E-state index in [9.17, 15) is 4.79 Å². The fraction of sp³-hybridized carbons (Fsp3) is 0. The van der Waals surface area contributed by atoms with Crippen LogP contribution in [0, 0.1) is 0 Å². The van der Waals surface area contributed by atoms with Crippen molar-refractivity contribution in [3.63, 3.8) is 0 Å². The first-order valence-electron chi connectivity index (χ1n) is 5.72. The van der Waals surface area contributed by atoms with Gasteiger partial charge in [0.25, 0.3) is 5.56 Å². The summed E-state index contributed by atoms with van der Waals surface area (Å²) in [6.07, 6.45) is 3.40. The molecule has 0 atom stereocenters. The molecule has 94 valence electrons. The maximum absolute atomic E-state index is 12.0. The van der Waals surface area contributed by atoms with Crippen LogP contribution >= 0.6 is 11.6 Å². The van der Waals surface area contributed by atoms with Crippen LogP contribution in [0.25, 0.3) is 16.9 Å². The molecule has 0 aliphatic heterocycles. The molecule has 0 bridgehead atoms. The van der Waals surface area contributed by atoms with Crippen LogP contribution < -0.4 is 5.56 Å². The Balaban J connectivity index is 2.08. The Kier molecular flexibility index (Phi) is 2.93. The summed E-state index contributed by atoms with van der Waals surface area (Å²) in [5.74, 6) is 0. The van der Waals surface area contributed by atoms with Crippen LogP contribution in [0.1, 0.15) is 0 Å². The Labute approximate surface area is 114 Å². The molecule has 0 unspecified atom stereocenters. The van der Waals surface area contributed by atoms with Crippen molar-refractivity contribution in [2.24, 2.45) is 0 Å². The molecule has 3 rings (SSSR count). The van der Waals surface area contributed by atoms with Crippen LogP contribution in [0.15, 0.2) is 59.7 Å². The first-order valence-corrected chi connectivity index (χ1v) is 6.10. The van der Waals surface area contributed by atoms with Gasteiger partial charge in [0.1, 0.15) is 0 Å². The van der Waals surface area contributed by atoms with Crippen LogP contribution in [-0.4, -0.2) is 14.8 Å². The molecule has 0 radical (unpaired) electrons. The first-order chi connectivity index (χ1) is 9.24. The van der Waals surface area contributed by atoms with Gasteiger partial charge in [0.2, 0.25) is 0 Å². The van der Waals surface area contributed by atoms with Crippen LogP contribution in [0.4, 0.5) is 0 Å². The first kappa shape index (κ1) is 11.7. The van der Waals surface area contributed by atoms with Crippen molar-refractivity contribution in [1.29, 1.82) is 0 Å². The molecular weight excluding hydrogens is 262 g/mol. The van der Waals surface area contributed by atoms with E-state index in [2.05, 4.69) is 10.1 Å². The van der Waals surface area contributed by atoms with Gasteiger partial charge in [-0.05, 0) is 36.4 Å². The number of hydrogen-bond donors (Lipinski definition) is 1. The van der Waals surface area contributed by atoms with Crippen LogP contribution in [-0.2, 0) is 0 Å². The topological polar surface area (TPSA) is 50.7 Å². The molecule has 3 aromatic rings. The summed E-state index contributed by atoms with van der Waals surface area (Å²) in [5.41, 5.74) is 2.21. The Morgan fingerprint density at radius 2 is 1.95 bits per heavy atom. The number of nitrogens with one attached hydrogen (secondary N) is 1. The molecule has 0 fully saturated rings. The molecule has 1 aromatic carbocycles. The van der Waals surface area contributed by atoms with Gasteiger partial charge in [-0.25, -0.2) is 4.68 Å². The van der Waals surface area contributed by atoms with E-state index >= 15 is 0 Å². The summed E-state index contributed by atoms with van der Waals surface area (Å²) in [5, 5.41) is 3.69. The maximum Gasteiger partial charge on any atom is 0.271 e. The van der Waals surface area contributed by atoms with Crippen molar-refractivity contribution in [3.05, 3.63) is 70.2 Å². The molecule has 2 heterocycles. The molecule has 19 heavy (non-hydrogen) atoms. The number of aromatic amines is 1. The number of aromatic nitrogens is 3. The third-order valence-corrected chi connectivity index (χ3v) is 3.03. The third-order valence-electron chi connectivity index (χ3n) is 2.78. The zero-order chi connectivity index (χ0) is 13.2. The molecule has 4 nitrogen and oxygen atoms in total. The number of H-pyrrole nitrogens is 1. The summed E-state index contributed by atoms with van der Waals surface area (Å²) in [7, 11) is 0. The predicted molar refractivity (Wildman–Crippen MR) is 74.6 cm³/mol. The predicted octanol–water partition coefficient (Wildman–Crippen LogP) is 2.88. The largest absolute Gasteiger partial charge is 0.290 e. The summed E-state index contributed by atoms with van der Waals surface area (Å²) in [4.78, 5) is 16.0. The lowest BCUT2D eigenvalue weighted by Gasteiger charge is -2.02. The number of halogens is 1. The van der Waals surface area contributed by atoms with E-state index in [1.54, 1.807) is 42.7 Å².